The normalized spacial score (nSPS) is 18.1. The first-order valence-electron chi connectivity index (χ1n) is 6.79. The Bertz CT molecular complexity index is 591. The van der Waals surface area contributed by atoms with Crippen LogP contribution in [0.1, 0.15) is 16.4 Å². The number of nitrogens with zero attached hydrogens (tertiary/aromatic N) is 3. The second-order valence-corrected chi connectivity index (χ2v) is 6.05. The fourth-order valence-corrected chi connectivity index (χ4v) is 3.27. The van der Waals surface area contributed by atoms with Crippen molar-refractivity contribution >= 4 is 16.9 Å². The molecular formula is C15H18N4S. The van der Waals surface area contributed by atoms with E-state index in [0.717, 1.165) is 24.7 Å². The molecule has 0 aliphatic carbocycles. The van der Waals surface area contributed by atoms with Crippen molar-refractivity contribution in [1.82, 2.24) is 15.1 Å². The average Bonchev–Trinajstić information content (AvgIpc) is 3.09. The lowest BCUT2D eigenvalue weighted by atomic mass is 10.1. The molecule has 0 radical (unpaired) electrons. The van der Waals surface area contributed by atoms with Gasteiger partial charge in [-0.1, -0.05) is 42.1 Å². The summed E-state index contributed by atoms with van der Waals surface area (Å²) in [7, 11) is 1.94. The topological polar surface area (TPSA) is 42.2 Å². The van der Waals surface area contributed by atoms with Gasteiger partial charge in [0.15, 0.2) is 5.17 Å². The van der Waals surface area contributed by atoms with Crippen LogP contribution in [0.25, 0.3) is 0 Å². The van der Waals surface area contributed by atoms with Crippen LogP contribution in [0, 0.1) is 0 Å². The summed E-state index contributed by atoms with van der Waals surface area (Å²) in [4.78, 5) is 4.58. The minimum absolute atomic E-state index is 0.456. The Morgan fingerprint density at radius 1 is 1.35 bits per heavy atom. The third-order valence-corrected chi connectivity index (χ3v) is 4.48. The Hall–Kier alpha value is -1.75. The average molecular weight is 286 g/mol. The number of aryl methyl sites for hydroxylation is 1. The van der Waals surface area contributed by atoms with E-state index in [0.29, 0.717) is 5.25 Å². The molecule has 1 aliphatic heterocycles. The van der Waals surface area contributed by atoms with Gasteiger partial charge >= 0.3 is 0 Å². The van der Waals surface area contributed by atoms with Crippen molar-refractivity contribution in [3.05, 3.63) is 53.9 Å². The zero-order valence-electron chi connectivity index (χ0n) is 11.5. The predicted octanol–water partition coefficient (Wildman–Crippen LogP) is 2.40. The molecule has 0 amide bonds. The van der Waals surface area contributed by atoms with E-state index < -0.39 is 0 Å². The second kappa shape index (κ2) is 6.13. The number of amidine groups is 1. The molecule has 3 rings (SSSR count). The van der Waals surface area contributed by atoms with Crippen molar-refractivity contribution in [3.63, 3.8) is 0 Å². The standard InChI is InChI=1S/C15H18N4S/c1-19-11-12(9-18-19)7-8-16-15-17-10-14(20-15)13-5-3-2-4-6-13/h2-6,9,11,14H,7-8,10H2,1H3,(H,16,17). The molecule has 2 aromatic rings. The molecule has 1 unspecified atom stereocenters. The van der Waals surface area contributed by atoms with E-state index in [-0.39, 0.29) is 0 Å². The number of aliphatic imine (C=N–C) groups is 1. The molecule has 5 heteroatoms. The summed E-state index contributed by atoms with van der Waals surface area (Å²) in [6.07, 6.45) is 4.94. The van der Waals surface area contributed by atoms with E-state index in [1.807, 2.05) is 29.7 Å². The molecule has 1 aromatic heterocycles. The zero-order chi connectivity index (χ0) is 13.8. The summed E-state index contributed by atoms with van der Waals surface area (Å²) < 4.78 is 1.84. The largest absolute Gasteiger partial charge is 0.365 e. The van der Waals surface area contributed by atoms with Crippen LogP contribution < -0.4 is 5.32 Å². The Kier molecular flexibility index (Phi) is 4.06. The number of hydrogen-bond donors (Lipinski definition) is 1. The molecule has 0 saturated heterocycles. The lowest BCUT2D eigenvalue weighted by Gasteiger charge is -2.09. The van der Waals surface area contributed by atoms with Crippen LogP contribution in [0.5, 0.6) is 0 Å². The molecule has 2 heterocycles. The number of nitrogens with one attached hydrogen (secondary N) is 1. The Morgan fingerprint density at radius 3 is 2.95 bits per heavy atom. The van der Waals surface area contributed by atoms with Gasteiger partial charge in [-0.2, -0.15) is 5.10 Å². The summed E-state index contributed by atoms with van der Waals surface area (Å²) >= 11 is 1.82. The van der Waals surface area contributed by atoms with Crippen molar-refractivity contribution in [3.8, 4) is 0 Å². The molecule has 104 valence electrons. The van der Waals surface area contributed by atoms with Crippen LogP contribution in [0.15, 0.2) is 47.7 Å². The monoisotopic (exact) mass is 286 g/mol. The van der Waals surface area contributed by atoms with Crippen LogP contribution in [-0.2, 0) is 13.5 Å². The molecule has 4 nitrogen and oxygen atoms in total. The van der Waals surface area contributed by atoms with E-state index in [4.69, 9.17) is 0 Å². The van der Waals surface area contributed by atoms with Crippen molar-refractivity contribution in [2.24, 2.45) is 12.0 Å². The molecule has 0 bridgehead atoms. The maximum atomic E-state index is 4.58. The first-order chi connectivity index (χ1) is 9.81. The van der Waals surface area contributed by atoms with E-state index in [1.54, 1.807) is 0 Å². The smallest absolute Gasteiger partial charge is 0.157 e. The molecule has 1 aromatic carbocycles. The Labute approximate surface area is 123 Å². The summed E-state index contributed by atoms with van der Waals surface area (Å²) in [5, 5.41) is 9.10. The van der Waals surface area contributed by atoms with Gasteiger partial charge in [0.25, 0.3) is 0 Å². The molecule has 1 aliphatic rings. The van der Waals surface area contributed by atoms with Gasteiger partial charge in [0.05, 0.1) is 18.0 Å². The van der Waals surface area contributed by atoms with Gasteiger partial charge in [-0.05, 0) is 17.5 Å². The highest BCUT2D eigenvalue weighted by molar-refractivity contribution is 8.14. The van der Waals surface area contributed by atoms with Crippen LogP contribution in [0.4, 0.5) is 0 Å². The van der Waals surface area contributed by atoms with E-state index in [2.05, 4.69) is 51.9 Å². The number of benzene rings is 1. The third kappa shape index (κ3) is 3.22. The first kappa shape index (κ1) is 13.2. The lowest BCUT2D eigenvalue weighted by molar-refractivity contribution is 0.766. The highest BCUT2D eigenvalue weighted by Gasteiger charge is 2.20. The Balaban J connectivity index is 1.46. The number of hydrogen-bond acceptors (Lipinski definition) is 4. The predicted molar refractivity (Wildman–Crippen MR) is 84.0 cm³/mol. The van der Waals surface area contributed by atoms with Crippen molar-refractivity contribution < 1.29 is 0 Å². The molecule has 0 spiro atoms. The lowest BCUT2D eigenvalue weighted by Crippen LogP contribution is -2.21. The molecule has 1 N–H and O–H groups in total. The summed E-state index contributed by atoms with van der Waals surface area (Å²) in [5.41, 5.74) is 2.61. The number of rotatable bonds is 4. The molecule has 0 saturated carbocycles. The SMILES string of the molecule is Cn1cc(CCNC2=NCC(c3ccccc3)S2)cn1. The van der Waals surface area contributed by atoms with Gasteiger partial charge in [0.1, 0.15) is 0 Å². The van der Waals surface area contributed by atoms with Crippen LogP contribution in [0.2, 0.25) is 0 Å². The van der Waals surface area contributed by atoms with Gasteiger partial charge in [-0.15, -0.1) is 0 Å². The van der Waals surface area contributed by atoms with Gasteiger partial charge in [-0.25, -0.2) is 0 Å². The van der Waals surface area contributed by atoms with Gasteiger partial charge in [0.2, 0.25) is 0 Å². The van der Waals surface area contributed by atoms with Crippen LogP contribution >= 0.6 is 11.8 Å². The van der Waals surface area contributed by atoms with Crippen LogP contribution in [-0.4, -0.2) is 28.0 Å². The third-order valence-electron chi connectivity index (χ3n) is 3.27. The van der Waals surface area contributed by atoms with Gasteiger partial charge in [-0.3, -0.25) is 9.67 Å². The van der Waals surface area contributed by atoms with Gasteiger partial charge < -0.3 is 5.32 Å². The molecular weight excluding hydrogens is 268 g/mol. The van der Waals surface area contributed by atoms with Crippen molar-refractivity contribution in [1.29, 1.82) is 0 Å². The number of aromatic nitrogens is 2. The van der Waals surface area contributed by atoms with Crippen molar-refractivity contribution in [2.75, 3.05) is 13.1 Å². The molecule has 1 atom stereocenters. The maximum absolute atomic E-state index is 4.58. The minimum atomic E-state index is 0.456. The van der Waals surface area contributed by atoms with E-state index in [1.165, 1.54) is 11.1 Å². The fourth-order valence-electron chi connectivity index (χ4n) is 2.23. The summed E-state index contributed by atoms with van der Waals surface area (Å²) in [6, 6.07) is 10.6. The van der Waals surface area contributed by atoms with E-state index >= 15 is 0 Å². The summed E-state index contributed by atoms with van der Waals surface area (Å²) in [6.45, 7) is 1.77. The Morgan fingerprint density at radius 2 is 2.20 bits per heavy atom. The highest BCUT2D eigenvalue weighted by Crippen LogP contribution is 2.33. The van der Waals surface area contributed by atoms with E-state index in [9.17, 15) is 0 Å². The van der Waals surface area contributed by atoms with Crippen molar-refractivity contribution in [2.45, 2.75) is 11.7 Å². The highest BCUT2D eigenvalue weighted by atomic mass is 32.2. The quantitative estimate of drug-likeness (QED) is 0.938. The van der Waals surface area contributed by atoms with Crippen LogP contribution in [0.3, 0.4) is 0 Å². The number of thioether (sulfide) groups is 1. The minimum Gasteiger partial charge on any atom is -0.365 e. The summed E-state index contributed by atoms with van der Waals surface area (Å²) in [5.74, 6) is 0. The maximum Gasteiger partial charge on any atom is 0.157 e. The molecule has 0 fully saturated rings. The molecule has 20 heavy (non-hydrogen) atoms. The fraction of sp³-hybridized carbons (Fsp3) is 0.333. The first-order valence-corrected chi connectivity index (χ1v) is 7.66. The zero-order valence-corrected chi connectivity index (χ0v) is 12.3. The van der Waals surface area contributed by atoms with Gasteiger partial charge in [0, 0.05) is 19.8 Å². The second-order valence-electron chi connectivity index (χ2n) is 4.86.